The number of para-hydroxylation sites is 1. The van der Waals surface area contributed by atoms with Crippen molar-refractivity contribution in [2.24, 2.45) is 5.10 Å². The molecule has 8 heteroatoms. The van der Waals surface area contributed by atoms with Gasteiger partial charge in [0, 0.05) is 24.8 Å². The number of hydrazone groups is 1. The van der Waals surface area contributed by atoms with Crippen LogP contribution in [0, 0.1) is 0 Å². The minimum absolute atomic E-state index is 0.209. The number of aromatic nitrogens is 1. The summed E-state index contributed by atoms with van der Waals surface area (Å²) in [6, 6.07) is 10.8. The highest BCUT2D eigenvalue weighted by Gasteiger charge is 2.26. The summed E-state index contributed by atoms with van der Waals surface area (Å²) in [6.45, 7) is 3.65. The first-order valence-electron chi connectivity index (χ1n) is 9.08. The summed E-state index contributed by atoms with van der Waals surface area (Å²) in [5.74, 6) is 1.22. The van der Waals surface area contributed by atoms with Crippen LogP contribution in [0.4, 0.5) is 5.82 Å². The maximum atomic E-state index is 12.6. The third kappa shape index (κ3) is 4.84. The monoisotopic (exact) mass is 388 g/mol. The van der Waals surface area contributed by atoms with Crippen LogP contribution >= 0.6 is 0 Å². The Hall–Kier alpha value is -2.45. The maximum Gasteiger partial charge on any atom is 0.244 e. The normalized spacial score (nSPS) is 15.7. The molecule has 0 spiro atoms. The Balaban J connectivity index is 1.66. The number of piperidine rings is 1. The van der Waals surface area contributed by atoms with Crippen LogP contribution < -0.4 is 10.2 Å². The number of rotatable bonds is 7. The molecule has 0 saturated carbocycles. The van der Waals surface area contributed by atoms with Crippen LogP contribution in [0.15, 0.2) is 52.6 Å². The molecule has 1 fully saturated rings. The first kappa shape index (κ1) is 19.3. The molecule has 7 nitrogen and oxygen atoms in total. The number of sulfonamides is 1. The van der Waals surface area contributed by atoms with E-state index in [9.17, 15) is 8.42 Å². The van der Waals surface area contributed by atoms with Gasteiger partial charge in [-0.25, -0.2) is 13.4 Å². The SMILES string of the molecule is CCOc1ccccc1/C=N/Nc1ccc(S(=O)(=O)N2CCCCC2)cn1. The van der Waals surface area contributed by atoms with E-state index in [1.54, 1.807) is 18.3 Å². The quantitative estimate of drug-likeness (QED) is 0.582. The molecule has 1 aliphatic heterocycles. The van der Waals surface area contributed by atoms with E-state index in [1.807, 2.05) is 31.2 Å². The van der Waals surface area contributed by atoms with Crippen LogP contribution in [0.2, 0.25) is 0 Å². The van der Waals surface area contributed by atoms with Crippen molar-refractivity contribution in [2.45, 2.75) is 31.1 Å². The van der Waals surface area contributed by atoms with Gasteiger partial charge in [0.2, 0.25) is 10.0 Å². The van der Waals surface area contributed by atoms with E-state index in [0.717, 1.165) is 30.6 Å². The van der Waals surface area contributed by atoms with Gasteiger partial charge in [0.1, 0.15) is 16.5 Å². The van der Waals surface area contributed by atoms with Crippen molar-refractivity contribution in [2.75, 3.05) is 25.1 Å². The molecule has 3 rings (SSSR count). The van der Waals surface area contributed by atoms with Crippen molar-refractivity contribution in [1.82, 2.24) is 9.29 Å². The van der Waals surface area contributed by atoms with Gasteiger partial charge in [-0.1, -0.05) is 18.6 Å². The average Bonchev–Trinajstić information content (AvgIpc) is 2.70. The molecular formula is C19H24N4O3S. The second-order valence-electron chi connectivity index (χ2n) is 6.18. The first-order valence-corrected chi connectivity index (χ1v) is 10.5. The van der Waals surface area contributed by atoms with Gasteiger partial charge in [0.25, 0.3) is 0 Å². The molecule has 1 N–H and O–H groups in total. The molecule has 0 radical (unpaired) electrons. The summed E-state index contributed by atoms with van der Waals surface area (Å²) in [6.07, 6.45) is 5.91. The number of nitrogens with one attached hydrogen (secondary N) is 1. The van der Waals surface area contributed by atoms with Crippen molar-refractivity contribution in [3.63, 3.8) is 0 Å². The van der Waals surface area contributed by atoms with Gasteiger partial charge in [0.05, 0.1) is 12.8 Å². The van der Waals surface area contributed by atoms with Gasteiger partial charge in [-0.2, -0.15) is 9.41 Å². The predicted octanol–water partition coefficient (Wildman–Crippen LogP) is 3.10. The molecule has 27 heavy (non-hydrogen) atoms. The summed E-state index contributed by atoms with van der Waals surface area (Å²) in [5, 5.41) is 4.16. The Kier molecular flexibility index (Phi) is 6.41. The lowest BCUT2D eigenvalue weighted by Crippen LogP contribution is -2.35. The number of ether oxygens (including phenoxy) is 1. The summed E-state index contributed by atoms with van der Waals surface area (Å²) in [5.41, 5.74) is 3.66. The van der Waals surface area contributed by atoms with Crippen molar-refractivity contribution in [3.05, 3.63) is 48.2 Å². The summed E-state index contributed by atoms with van der Waals surface area (Å²) in [7, 11) is -3.47. The van der Waals surface area contributed by atoms with Gasteiger partial charge in [-0.05, 0) is 44.0 Å². The third-order valence-electron chi connectivity index (χ3n) is 4.29. The number of benzene rings is 1. The minimum atomic E-state index is -3.47. The minimum Gasteiger partial charge on any atom is -0.493 e. The molecule has 1 aromatic heterocycles. The molecule has 144 valence electrons. The fraction of sp³-hybridized carbons (Fsp3) is 0.368. The standard InChI is InChI=1S/C19H24N4O3S/c1-2-26-18-9-5-4-8-16(18)14-21-22-19-11-10-17(15-20-19)27(24,25)23-12-6-3-7-13-23/h4-5,8-11,14-15H,2-3,6-7,12-13H2,1H3,(H,20,22)/b21-14+. The second-order valence-corrected chi connectivity index (χ2v) is 8.12. The van der Waals surface area contributed by atoms with E-state index >= 15 is 0 Å². The van der Waals surface area contributed by atoms with E-state index in [1.165, 1.54) is 10.5 Å². The molecule has 0 atom stereocenters. The topological polar surface area (TPSA) is 83.9 Å². The lowest BCUT2D eigenvalue weighted by atomic mass is 10.2. The number of hydrogen-bond acceptors (Lipinski definition) is 6. The molecule has 2 aromatic rings. The van der Waals surface area contributed by atoms with Crippen molar-refractivity contribution in [1.29, 1.82) is 0 Å². The van der Waals surface area contributed by atoms with E-state index in [-0.39, 0.29) is 4.90 Å². The molecule has 1 aliphatic rings. The Labute approximate surface area is 160 Å². The second kappa shape index (κ2) is 8.96. The van der Waals surface area contributed by atoms with E-state index in [2.05, 4.69) is 15.5 Å². The van der Waals surface area contributed by atoms with E-state index in [0.29, 0.717) is 25.5 Å². The van der Waals surface area contributed by atoms with E-state index in [4.69, 9.17) is 4.74 Å². The van der Waals surface area contributed by atoms with Gasteiger partial charge in [-0.3, -0.25) is 5.43 Å². The highest BCUT2D eigenvalue weighted by molar-refractivity contribution is 7.89. The Morgan fingerprint density at radius 3 is 2.67 bits per heavy atom. The highest BCUT2D eigenvalue weighted by atomic mass is 32.2. The van der Waals surface area contributed by atoms with Crippen molar-refractivity contribution in [3.8, 4) is 5.75 Å². The van der Waals surface area contributed by atoms with Gasteiger partial charge in [-0.15, -0.1) is 0 Å². The summed E-state index contributed by atoms with van der Waals surface area (Å²) in [4.78, 5) is 4.38. The number of nitrogens with zero attached hydrogens (tertiary/aromatic N) is 3. The van der Waals surface area contributed by atoms with Crippen LogP contribution in [0.5, 0.6) is 5.75 Å². The van der Waals surface area contributed by atoms with Crippen LogP contribution in [0.25, 0.3) is 0 Å². The summed E-state index contributed by atoms with van der Waals surface area (Å²) >= 11 is 0. The average molecular weight is 388 g/mol. The smallest absolute Gasteiger partial charge is 0.244 e. The maximum absolute atomic E-state index is 12.6. The van der Waals surface area contributed by atoms with Gasteiger partial charge in [0.15, 0.2) is 0 Å². The Morgan fingerprint density at radius 1 is 1.19 bits per heavy atom. The molecule has 0 aliphatic carbocycles. The number of hydrogen-bond donors (Lipinski definition) is 1. The third-order valence-corrected chi connectivity index (χ3v) is 6.17. The molecule has 0 amide bonds. The first-order chi connectivity index (χ1) is 13.1. The Morgan fingerprint density at radius 2 is 1.96 bits per heavy atom. The molecule has 1 saturated heterocycles. The molecule has 0 unspecified atom stereocenters. The van der Waals surface area contributed by atoms with Crippen molar-refractivity contribution >= 4 is 22.1 Å². The van der Waals surface area contributed by atoms with Crippen LogP contribution in [-0.2, 0) is 10.0 Å². The molecular weight excluding hydrogens is 364 g/mol. The highest BCUT2D eigenvalue weighted by Crippen LogP contribution is 2.21. The molecule has 2 heterocycles. The lowest BCUT2D eigenvalue weighted by molar-refractivity contribution is 0.340. The van der Waals surface area contributed by atoms with Crippen LogP contribution in [-0.4, -0.2) is 43.6 Å². The van der Waals surface area contributed by atoms with Gasteiger partial charge >= 0.3 is 0 Å². The number of pyridine rings is 1. The fourth-order valence-corrected chi connectivity index (χ4v) is 4.36. The lowest BCUT2D eigenvalue weighted by Gasteiger charge is -2.25. The molecule has 1 aromatic carbocycles. The van der Waals surface area contributed by atoms with Gasteiger partial charge < -0.3 is 4.74 Å². The van der Waals surface area contributed by atoms with Crippen LogP contribution in [0.1, 0.15) is 31.7 Å². The zero-order valence-electron chi connectivity index (χ0n) is 15.3. The van der Waals surface area contributed by atoms with Crippen molar-refractivity contribution < 1.29 is 13.2 Å². The van der Waals surface area contributed by atoms with E-state index < -0.39 is 10.0 Å². The zero-order chi connectivity index (χ0) is 19.1. The zero-order valence-corrected chi connectivity index (χ0v) is 16.2. The molecule has 0 bridgehead atoms. The Bertz CT molecular complexity index is 876. The fourth-order valence-electron chi connectivity index (χ4n) is 2.90. The van der Waals surface area contributed by atoms with Crippen LogP contribution in [0.3, 0.4) is 0 Å². The largest absolute Gasteiger partial charge is 0.493 e. The summed E-state index contributed by atoms with van der Waals surface area (Å²) < 4.78 is 32.3. The number of anilines is 1. The predicted molar refractivity (Wildman–Crippen MR) is 106 cm³/mol.